The number of hydrogen-bond donors (Lipinski definition) is 1. The van der Waals surface area contributed by atoms with E-state index in [1.165, 1.54) is 31.7 Å². The predicted octanol–water partition coefficient (Wildman–Crippen LogP) is 4.52. The van der Waals surface area contributed by atoms with Crippen LogP contribution in [0, 0.1) is 10.1 Å². The molecule has 0 bridgehead atoms. The molecule has 1 N–H and O–H groups in total. The summed E-state index contributed by atoms with van der Waals surface area (Å²) in [5, 5.41) is 14.2. The van der Waals surface area contributed by atoms with Crippen LogP contribution in [-0.4, -0.2) is 17.6 Å². The van der Waals surface area contributed by atoms with Crippen molar-refractivity contribution >= 4 is 11.4 Å². The third-order valence-electron chi connectivity index (χ3n) is 3.79. The van der Waals surface area contributed by atoms with Crippen molar-refractivity contribution in [2.45, 2.75) is 58.0 Å². The number of rotatable bonds is 6. The third-order valence-corrected chi connectivity index (χ3v) is 3.79. The number of ether oxygens (including phenoxy) is 1. The maximum absolute atomic E-state index is 11.0. The van der Waals surface area contributed by atoms with Crippen molar-refractivity contribution in [3.8, 4) is 5.75 Å². The van der Waals surface area contributed by atoms with Crippen molar-refractivity contribution in [2.24, 2.45) is 0 Å². The number of nitrogens with one attached hydrogen (secondary N) is 1. The smallest absolute Gasteiger partial charge is 0.275 e. The first kappa shape index (κ1) is 15.6. The van der Waals surface area contributed by atoms with Crippen LogP contribution < -0.4 is 10.1 Å². The molecule has 0 unspecified atom stereocenters. The van der Waals surface area contributed by atoms with Gasteiger partial charge in [-0.05, 0) is 32.1 Å². The average Bonchev–Trinajstić information content (AvgIpc) is 2.73. The first-order chi connectivity index (χ1) is 10.2. The summed E-state index contributed by atoms with van der Waals surface area (Å²) in [6.07, 6.45) is 8.13. The van der Waals surface area contributed by atoms with Gasteiger partial charge >= 0.3 is 0 Å². The van der Waals surface area contributed by atoms with E-state index < -0.39 is 0 Å². The molecule has 1 aromatic rings. The molecule has 1 saturated carbocycles. The number of nitrogens with zero attached hydrogens (tertiary/aromatic N) is 1. The summed E-state index contributed by atoms with van der Waals surface area (Å²) in [5.41, 5.74) is 0.842. The van der Waals surface area contributed by atoms with Gasteiger partial charge in [-0.2, -0.15) is 0 Å². The van der Waals surface area contributed by atoms with Crippen LogP contribution >= 0.6 is 0 Å². The Morgan fingerprint density at radius 1 is 1.24 bits per heavy atom. The van der Waals surface area contributed by atoms with E-state index in [1.807, 2.05) is 6.07 Å². The van der Waals surface area contributed by atoms with Crippen molar-refractivity contribution in [3.05, 3.63) is 28.3 Å². The summed E-state index contributed by atoms with van der Waals surface area (Å²) in [7, 11) is 0. The summed E-state index contributed by atoms with van der Waals surface area (Å²) < 4.78 is 6.00. The van der Waals surface area contributed by atoms with E-state index in [0.29, 0.717) is 5.75 Å². The monoisotopic (exact) mass is 292 g/mol. The maximum atomic E-state index is 11.0. The van der Waals surface area contributed by atoms with Crippen molar-refractivity contribution < 1.29 is 9.66 Å². The van der Waals surface area contributed by atoms with Gasteiger partial charge in [0.2, 0.25) is 0 Å². The zero-order valence-corrected chi connectivity index (χ0v) is 12.6. The van der Waals surface area contributed by atoms with Gasteiger partial charge in [-0.3, -0.25) is 10.1 Å². The Hall–Kier alpha value is -1.78. The molecule has 116 valence electrons. The summed E-state index contributed by atoms with van der Waals surface area (Å²) >= 11 is 0. The molecular weight excluding hydrogens is 268 g/mol. The minimum atomic E-state index is -0.364. The Bertz CT molecular complexity index is 469. The summed E-state index contributed by atoms with van der Waals surface area (Å²) in [6, 6.07) is 4.96. The van der Waals surface area contributed by atoms with E-state index in [2.05, 4.69) is 12.2 Å². The Balaban J connectivity index is 2.12. The molecule has 0 aliphatic heterocycles. The lowest BCUT2D eigenvalue weighted by Crippen LogP contribution is -2.15. The molecule has 0 atom stereocenters. The molecule has 2 rings (SSSR count). The van der Waals surface area contributed by atoms with E-state index in [9.17, 15) is 10.1 Å². The first-order valence-corrected chi connectivity index (χ1v) is 7.89. The number of nitro benzene ring substituents is 1. The number of nitro groups is 1. The highest BCUT2D eigenvalue weighted by Crippen LogP contribution is 2.29. The summed E-state index contributed by atoms with van der Waals surface area (Å²) in [6.45, 7) is 2.86. The number of hydrogen-bond acceptors (Lipinski definition) is 4. The Labute approximate surface area is 125 Å². The van der Waals surface area contributed by atoms with Gasteiger partial charge < -0.3 is 10.1 Å². The summed E-state index contributed by atoms with van der Waals surface area (Å²) in [4.78, 5) is 10.7. The SMILES string of the molecule is CCCNc1cc(OC2CCCCCC2)cc([N+](=O)[O-])c1. The zero-order valence-electron chi connectivity index (χ0n) is 12.6. The standard InChI is InChI=1S/C16H24N2O3/c1-2-9-17-13-10-14(18(19)20)12-16(11-13)21-15-7-5-3-4-6-8-15/h10-12,15,17H,2-9H2,1H3. The fourth-order valence-electron chi connectivity index (χ4n) is 2.68. The quantitative estimate of drug-likeness (QED) is 0.475. The molecule has 5 heteroatoms. The minimum absolute atomic E-state index is 0.0831. The highest BCUT2D eigenvalue weighted by Gasteiger charge is 2.16. The van der Waals surface area contributed by atoms with Crippen LogP contribution in [-0.2, 0) is 0 Å². The zero-order chi connectivity index (χ0) is 15.1. The van der Waals surface area contributed by atoms with E-state index in [4.69, 9.17) is 4.74 Å². The molecule has 5 nitrogen and oxygen atoms in total. The molecular formula is C16H24N2O3. The molecule has 1 fully saturated rings. The topological polar surface area (TPSA) is 64.4 Å². The van der Waals surface area contributed by atoms with Crippen LogP contribution in [0.1, 0.15) is 51.9 Å². The second kappa shape index (κ2) is 7.86. The van der Waals surface area contributed by atoms with Crippen LogP contribution in [0.15, 0.2) is 18.2 Å². The fourth-order valence-corrected chi connectivity index (χ4v) is 2.68. The lowest BCUT2D eigenvalue weighted by molar-refractivity contribution is -0.384. The van der Waals surface area contributed by atoms with Gasteiger partial charge in [-0.25, -0.2) is 0 Å². The first-order valence-electron chi connectivity index (χ1n) is 7.89. The molecule has 1 aromatic carbocycles. The van der Waals surface area contributed by atoms with Gasteiger partial charge in [0.1, 0.15) is 5.75 Å². The molecule has 0 radical (unpaired) electrons. The molecule has 0 amide bonds. The van der Waals surface area contributed by atoms with E-state index in [0.717, 1.165) is 31.5 Å². The Kier molecular flexibility index (Phi) is 5.84. The van der Waals surface area contributed by atoms with Crippen molar-refractivity contribution in [3.63, 3.8) is 0 Å². The molecule has 1 aliphatic rings. The van der Waals surface area contributed by atoms with Gasteiger partial charge in [-0.1, -0.05) is 19.8 Å². The van der Waals surface area contributed by atoms with Crippen molar-refractivity contribution in [1.82, 2.24) is 0 Å². The Morgan fingerprint density at radius 2 is 1.95 bits per heavy atom. The second-order valence-corrected chi connectivity index (χ2v) is 5.63. The highest BCUT2D eigenvalue weighted by molar-refractivity contribution is 5.56. The van der Waals surface area contributed by atoms with Crippen LogP contribution in [0.2, 0.25) is 0 Å². The van der Waals surface area contributed by atoms with E-state index >= 15 is 0 Å². The van der Waals surface area contributed by atoms with E-state index in [-0.39, 0.29) is 16.7 Å². The molecule has 0 heterocycles. The lowest BCUT2D eigenvalue weighted by atomic mass is 10.1. The lowest BCUT2D eigenvalue weighted by Gasteiger charge is -2.17. The Morgan fingerprint density at radius 3 is 2.57 bits per heavy atom. The van der Waals surface area contributed by atoms with Gasteiger partial charge in [0.05, 0.1) is 17.1 Å². The van der Waals surface area contributed by atoms with Crippen LogP contribution in [0.4, 0.5) is 11.4 Å². The van der Waals surface area contributed by atoms with Crippen LogP contribution in [0.5, 0.6) is 5.75 Å². The molecule has 1 aliphatic carbocycles. The van der Waals surface area contributed by atoms with Gasteiger partial charge in [0, 0.05) is 24.4 Å². The highest BCUT2D eigenvalue weighted by atomic mass is 16.6. The average molecular weight is 292 g/mol. The van der Waals surface area contributed by atoms with Crippen LogP contribution in [0.25, 0.3) is 0 Å². The molecule has 21 heavy (non-hydrogen) atoms. The molecule has 0 aromatic heterocycles. The summed E-state index contributed by atoms with van der Waals surface area (Å²) in [5.74, 6) is 0.606. The van der Waals surface area contributed by atoms with Gasteiger partial charge in [0.25, 0.3) is 5.69 Å². The van der Waals surface area contributed by atoms with Crippen LogP contribution in [0.3, 0.4) is 0 Å². The predicted molar refractivity (Wildman–Crippen MR) is 84.0 cm³/mol. The molecule has 0 saturated heterocycles. The normalized spacial score (nSPS) is 16.2. The van der Waals surface area contributed by atoms with Crippen molar-refractivity contribution in [1.29, 1.82) is 0 Å². The second-order valence-electron chi connectivity index (χ2n) is 5.63. The molecule has 0 spiro atoms. The fraction of sp³-hybridized carbons (Fsp3) is 0.625. The minimum Gasteiger partial charge on any atom is -0.490 e. The number of anilines is 1. The van der Waals surface area contributed by atoms with E-state index in [1.54, 1.807) is 6.07 Å². The third kappa shape index (κ3) is 4.92. The maximum Gasteiger partial charge on any atom is 0.275 e. The number of benzene rings is 1. The van der Waals surface area contributed by atoms with Crippen molar-refractivity contribution in [2.75, 3.05) is 11.9 Å². The van der Waals surface area contributed by atoms with Gasteiger partial charge in [-0.15, -0.1) is 0 Å². The van der Waals surface area contributed by atoms with Gasteiger partial charge in [0.15, 0.2) is 0 Å². The largest absolute Gasteiger partial charge is 0.490 e. The number of non-ortho nitro benzene ring substituents is 1.